The molecule has 0 aliphatic rings. The Morgan fingerprint density at radius 1 is 0.342 bits per heavy atom. The molecule has 0 amide bonds. The standard InChI is InChI=1S/C34H22N4/c1-35-31-22-20-27(21-23-31)25-14-12-24(13-15-25)26-16-18-30(19-17-26)34-37-32(28-8-4-2-5-9-28)36-33(38-34)29-10-6-3-7-11-29/h2-23H. The predicted octanol–water partition coefficient (Wildman–Crippen LogP) is 8.76. The van der Waals surface area contributed by atoms with Crippen molar-refractivity contribution in [2.45, 2.75) is 0 Å². The summed E-state index contributed by atoms with van der Waals surface area (Å²) in [5.41, 5.74) is 7.94. The van der Waals surface area contributed by atoms with Crippen LogP contribution in [-0.2, 0) is 0 Å². The van der Waals surface area contributed by atoms with Crippen molar-refractivity contribution in [3.05, 3.63) is 145 Å². The topological polar surface area (TPSA) is 43.0 Å². The van der Waals surface area contributed by atoms with Gasteiger partial charge in [-0.05, 0) is 22.3 Å². The molecule has 0 unspecified atom stereocenters. The number of hydrogen-bond donors (Lipinski definition) is 0. The smallest absolute Gasteiger partial charge is 0.187 e. The number of nitrogens with zero attached hydrogens (tertiary/aromatic N) is 4. The average Bonchev–Trinajstić information content (AvgIpc) is 3.02. The molecule has 6 aromatic rings. The van der Waals surface area contributed by atoms with Crippen molar-refractivity contribution in [3.8, 4) is 56.4 Å². The minimum absolute atomic E-state index is 0.641. The zero-order valence-corrected chi connectivity index (χ0v) is 20.5. The van der Waals surface area contributed by atoms with Crippen LogP contribution in [-0.4, -0.2) is 15.0 Å². The SMILES string of the molecule is [C-]#[N+]c1ccc(-c2ccc(-c3ccc(-c4nc(-c5ccccc5)nc(-c5ccccc5)n4)cc3)cc2)cc1. The fourth-order valence-corrected chi connectivity index (χ4v) is 4.33. The Morgan fingerprint density at radius 3 is 0.974 bits per heavy atom. The van der Waals surface area contributed by atoms with Gasteiger partial charge in [0.05, 0.1) is 6.57 Å². The summed E-state index contributed by atoms with van der Waals surface area (Å²) < 4.78 is 0. The Morgan fingerprint density at radius 2 is 0.632 bits per heavy atom. The lowest BCUT2D eigenvalue weighted by Crippen LogP contribution is -2.00. The molecule has 0 saturated carbocycles. The average molecular weight is 487 g/mol. The summed E-state index contributed by atoms with van der Waals surface area (Å²) in [5, 5.41) is 0. The Labute approximate surface area is 221 Å². The Hall–Kier alpha value is -5.40. The lowest BCUT2D eigenvalue weighted by molar-refractivity contribution is 1.07. The van der Waals surface area contributed by atoms with Crippen LogP contribution in [0, 0.1) is 6.57 Å². The van der Waals surface area contributed by atoms with Gasteiger partial charge in [-0.25, -0.2) is 19.8 Å². The van der Waals surface area contributed by atoms with Gasteiger partial charge in [0, 0.05) is 16.7 Å². The third-order valence-corrected chi connectivity index (χ3v) is 6.39. The third-order valence-electron chi connectivity index (χ3n) is 6.39. The van der Waals surface area contributed by atoms with Crippen LogP contribution in [0.2, 0.25) is 0 Å². The normalized spacial score (nSPS) is 10.6. The van der Waals surface area contributed by atoms with E-state index in [1.54, 1.807) is 0 Å². The molecule has 0 bridgehead atoms. The molecule has 0 aliphatic heterocycles. The van der Waals surface area contributed by atoms with Gasteiger partial charge in [0.1, 0.15) is 0 Å². The fourth-order valence-electron chi connectivity index (χ4n) is 4.33. The highest BCUT2D eigenvalue weighted by Crippen LogP contribution is 2.29. The van der Waals surface area contributed by atoms with Gasteiger partial charge in [-0.3, -0.25) is 0 Å². The van der Waals surface area contributed by atoms with Crippen LogP contribution >= 0.6 is 0 Å². The first-order valence-corrected chi connectivity index (χ1v) is 12.3. The second-order valence-corrected chi connectivity index (χ2v) is 8.85. The zero-order chi connectivity index (χ0) is 25.7. The van der Waals surface area contributed by atoms with E-state index in [-0.39, 0.29) is 0 Å². The molecule has 4 nitrogen and oxygen atoms in total. The van der Waals surface area contributed by atoms with Gasteiger partial charge < -0.3 is 0 Å². The summed E-state index contributed by atoms with van der Waals surface area (Å²) in [5.74, 6) is 1.94. The van der Waals surface area contributed by atoms with E-state index in [0.29, 0.717) is 23.2 Å². The molecule has 38 heavy (non-hydrogen) atoms. The van der Waals surface area contributed by atoms with E-state index >= 15 is 0 Å². The van der Waals surface area contributed by atoms with Crippen molar-refractivity contribution in [2.24, 2.45) is 0 Å². The zero-order valence-electron chi connectivity index (χ0n) is 20.5. The van der Waals surface area contributed by atoms with E-state index in [0.717, 1.165) is 38.9 Å². The first kappa shape index (κ1) is 23.0. The van der Waals surface area contributed by atoms with Crippen LogP contribution < -0.4 is 0 Å². The summed E-state index contributed by atoms with van der Waals surface area (Å²) in [6.07, 6.45) is 0. The summed E-state index contributed by atoms with van der Waals surface area (Å²) in [7, 11) is 0. The molecular weight excluding hydrogens is 464 g/mol. The number of benzene rings is 5. The van der Waals surface area contributed by atoms with E-state index in [1.165, 1.54) is 0 Å². The maximum Gasteiger partial charge on any atom is 0.187 e. The summed E-state index contributed by atoms with van der Waals surface area (Å²) in [6.45, 7) is 7.13. The summed E-state index contributed by atoms with van der Waals surface area (Å²) in [4.78, 5) is 17.9. The van der Waals surface area contributed by atoms with Crippen LogP contribution in [0.5, 0.6) is 0 Å². The molecule has 1 heterocycles. The van der Waals surface area contributed by atoms with Crippen LogP contribution in [0.15, 0.2) is 133 Å². The molecule has 6 rings (SSSR count). The molecule has 0 saturated heterocycles. The van der Waals surface area contributed by atoms with Crippen molar-refractivity contribution in [3.63, 3.8) is 0 Å². The quantitative estimate of drug-likeness (QED) is 0.229. The molecule has 4 heteroatoms. The summed E-state index contributed by atoms with van der Waals surface area (Å²) >= 11 is 0. The second kappa shape index (κ2) is 10.3. The van der Waals surface area contributed by atoms with Crippen molar-refractivity contribution >= 4 is 5.69 Å². The number of aromatic nitrogens is 3. The predicted molar refractivity (Wildman–Crippen MR) is 153 cm³/mol. The maximum absolute atomic E-state index is 7.13. The molecule has 0 N–H and O–H groups in total. The first-order valence-electron chi connectivity index (χ1n) is 12.3. The highest BCUT2D eigenvalue weighted by Gasteiger charge is 2.12. The van der Waals surface area contributed by atoms with Gasteiger partial charge >= 0.3 is 0 Å². The van der Waals surface area contributed by atoms with Crippen LogP contribution in [0.3, 0.4) is 0 Å². The third kappa shape index (κ3) is 4.82. The molecule has 0 spiro atoms. The molecular formula is C34H22N4. The molecule has 0 fully saturated rings. The Kier molecular flexibility index (Phi) is 6.24. The molecule has 0 aliphatic carbocycles. The van der Waals surface area contributed by atoms with E-state index in [1.807, 2.05) is 84.9 Å². The van der Waals surface area contributed by atoms with Gasteiger partial charge in [-0.1, -0.05) is 133 Å². The highest BCUT2D eigenvalue weighted by atomic mass is 15.0. The summed E-state index contributed by atoms with van der Waals surface area (Å²) in [6, 6.07) is 44.4. The largest absolute Gasteiger partial charge is 0.238 e. The second-order valence-electron chi connectivity index (χ2n) is 8.85. The fraction of sp³-hybridized carbons (Fsp3) is 0. The van der Waals surface area contributed by atoms with Gasteiger partial charge in [0.25, 0.3) is 0 Å². The molecule has 178 valence electrons. The molecule has 1 aromatic heterocycles. The van der Waals surface area contributed by atoms with Crippen LogP contribution in [0.25, 0.3) is 61.3 Å². The monoisotopic (exact) mass is 486 g/mol. The molecule has 0 radical (unpaired) electrons. The first-order chi connectivity index (χ1) is 18.8. The number of hydrogen-bond acceptors (Lipinski definition) is 3. The van der Waals surface area contributed by atoms with Crippen molar-refractivity contribution < 1.29 is 0 Å². The molecule has 0 atom stereocenters. The van der Waals surface area contributed by atoms with Crippen LogP contribution in [0.4, 0.5) is 5.69 Å². The highest BCUT2D eigenvalue weighted by molar-refractivity contribution is 5.73. The lowest BCUT2D eigenvalue weighted by atomic mass is 9.99. The Bertz CT molecular complexity index is 1660. The van der Waals surface area contributed by atoms with E-state index in [9.17, 15) is 0 Å². The Balaban J connectivity index is 1.32. The van der Waals surface area contributed by atoms with Gasteiger partial charge in [0.2, 0.25) is 0 Å². The molecule has 5 aromatic carbocycles. The number of rotatable bonds is 5. The van der Waals surface area contributed by atoms with Crippen molar-refractivity contribution in [1.29, 1.82) is 0 Å². The van der Waals surface area contributed by atoms with E-state index in [2.05, 4.69) is 53.4 Å². The van der Waals surface area contributed by atoms with Gasteiger partial charge in [-0.2, -0.15) is 0 Å². The van der Waals surface area contributed by atoms with E-state index in [4.69, 9.17) is 21.5 Å². The minimum atomic E-state index is 0.641. The lowest BCUT2D eigenvalue weighted by Gasteiger charge is -2.09. The van der Waals surface area contributed by atoms with Gasteiger partial charge in [0.15, 0.2) is 23.2 Å². The van der Waals surface area contributed by atoms with E-state index < -0.39 is 0 Å². The minimum Gasteiger partial charge on any atom is -0.238 e. The van der Waals surface area contributed by atoms with Crippen molar-refractivity contribution in [2.75, 3.05) is 0 Å². The maximum atomic E-state index is 7.13. The van der Waals surface area contributed by atoms with Crippen LogP contribution in [0.1, 0.15) is 0 Å². The van der Waals surface area contributed by atoms with Crippen molar-refractivity contribution in [1.82, 2.24) is 15.0 Å². The van der Waals surface area contributed by atoms with Gasteiger partial charge in [-0.15, -0.1) is 0 Å².